The number of nitriles is 2. The summed E-state index contributed by atoms with van der Waals surface area (Å²) in [6.07, 6.45) is 1.64. The molecule has 3 heteroatoms. The Morgan fingerprint density at radius 1 is 1.29 bits per heavy atom. The fraction of sp³-hybridized carbons (Fsp3) is 0.286. The van der Waals surface area contributed by atoms with Crippen LogP contribution >= 0.6 is 11.8 Å². The predicted molar refractivity (Wildman–Crippen MR) is 71.2 cm³/mol. The average molecular weight is 242 g/mol. The zero-order valence-electron chi connectivity index (χ0n) is 9.97. The number of nitrogens with zero attached hydrogens (tertiary/aromatic N) is 2. The lowest BCUT2D eigenvalue weighted by Gasteiger charge is -2.07. The summed E-state index contributed by atoms with van der Waals surface area (Å²) in [5, 5.41) is 17.5. The molecule has 0 atom stereocenters. The van der Waals surface area contributed by atoms with Gasteiger partial charge in [-0.1, -0.05) is 32.0 Å². The van der Waals surface area contributed by atoms with E-state index >= 15 is 0 Å². The van der Waals surface area contributed by atoms with Crippen molar-refractivity contribution in [3.8, 4) is 12.1 Å². The Bertz CT molecular complexity index is 474. The molecule has 17 heavy (non-hydrogen) atoms. The van der Waals surface area contributed by atoms with Gasteiger partial charge in [0.05, 0.1) is 0 Å². The van der Waals surface area contributed by atoms with Crippen LogP contribution in [0.3, 0.4) is 0 Å². The summed E-state index contributed by atoms with van der Waals surface area (Å²) >= 11 is 1.75. The smallest absolute Gasteiger partial charge is 0.130 e. The lowest BCUT2D eigenvalue weighted by Crippen LogP contribution is -1.91. The minimum absolute atomic E-state index is 0.141. The quantitative estimate of drug-likeness (QED) is 0.595. The van der Waals surface area contributed by atoms with Gasteiger partial charge in [0.25, 0.3) is 0 Å². The largest absolute Gasteiger partial charge is 0.192 e. The molecule has 1 aromatic rings. The summed E-state index contributed by atoms with van der Waals surface area (Å²) in [5.74, 6) is 1.64. The maximum atomic E-state index is 8.75. The standard InChI is InChI=1S/C14H14N2S/c1-11(2)10-17-14-6-4-3-5-13(14)7-12(8-15)9-16/h3-7,11H,10H2,1-2H3. The zero-order chi connectivity index (χ0) is 12.7. The molecule has 1 aromatic carbocycles. The summed E-state index contributed by atoms with van der Waals surface area (Å²) in [4.78, 5) is 1.12. The molecule has 1 rings (SSSR count). The van der Waals surface area contributed by atoms with Crippen molar-refractivity contribution in [1.29, 1.82) is 10.5 Å². The molecule has 0 N–H and O–H groups in total. The first kappa shape index (κ1) is 13.4. The molecule has 0 aromatic heterocycles. The zero-order valence-corrected chi connectivity index (χ0v) is 10.8. The molecule has 0 aliphatic rings. The van der Waals surface area contributed by atoms with Crippen molar-refractivity contribution in [2.45, 2.75) is 18.7 Å². The van der Waals surface area contributed by atoms with Gasteiger partial charge >= 0.3 is 0 Å². The summed E-state index contributed by atoms with van der Waals surface area (Å²) < 4.78 is 0. The number of benzene rings is 1. The van der Waals surface area contributed by atoms with Gasteiger partial charge in [-0.05, 0) is 23.6 Å². The molecule has 0 fully saturated rings. The first-order valence-electron chi connectivity index (χ1n) is 5.41. The van der Waals surface area contributed by atoms with Crippen LogP contribution in [0.5, 0.6) is 0 Å². The van der Waals surface area contributed by atoms with Gasteiger partial charge < -0.3 is 0 Å². The normalized spacial score (nSPS) is 9.47. The molecular formula is C14H14N2S. The van der Waals surface area contributed by atoms with Gasteiger partial charge in [0, 0.05) is 10.6 Å². The number of rotatable bonds is 4. The maximum absolute atomic E-state index is 8.75. The summed E-state index contributed by atoms with van der Waals surface area (Å²) in [5.41, 5.74) is 1.08. The Balaban J connectivity index is 2.97. The van der Waals surface area contributed by atoms with E-state index in [1.165, 1.54) is 0 Å². The minimum atomic E-state index is 0.141. The van der Waals surface area contributed by atoms with Gasteiger partial charge in [0.15, 0.2) is 0 Å². The third kappa shape index (κ3) is 4.34. The van der Waals surface area contributed by atoms with Crippen molar-refractivity contribution in [3.05, 3.63) is 35.4 Å². The molecule has 0 heterocycles. The Hall–Kier alpha value is -1.71. The minimum Gasteiger partial charge on any atom is -0.192 e. The Kier molecular flexibility index (Phi) is 5.33. The first-order chi connectivity index (χ1) is 8.17. The van der Waals surface area contributed by atoms with Crippen molar-refractivity contribution in [2.75, 3.05) is 5.75 Å². The summed E-state index contributed by atoms with van der Waals surface area (Å²) in [6.45, 7) is 4.34. The molecule has 0 aliphatic carbocycles. The molecule has 0 saturated carbocycles. The molecule has 0 bridgehead atoms. The summed E-state index contributed by atoms with van der Waals surface area (Å²) in [7, 11) is 0. The molecule has 0 amide bonds. The molecular weight excluding hydrogens is 228 g/mol. The van der Waals surface area contributed by atoms with Gasteiger partial charge in [0.1, 0.15) is 17.7 Å². The second-order valence-corrected chi connectivity index (χ2v) is 5.09. The van der Waals surface area contributed by atoms with Crippen LogP contribution in [0.15, 0.2) is 34.7 Å². The van der Waals surface area contributed by atoms with E-state index in [1.54, 1.807) is 17.8 Å². The molecule has 0 spiro atoms. The van der Waals surface area contributed by atoms with E-state index in [1.807, 2.05) is 36.4 Å². The lowest BCUT2D eigenvalue weighted by atomic mass is 10.1. The maximum Gasteiger partial charge on any atom is 0.130 e. The fourth-order valence-electron chi connectivity index (χ4n) is 1.23. The van der Waals surface area contributed by atoms with Crippen molar-refractivity contribution in [3.63, 3.8) is 0 Å². The van der Waals surface area contributed by atoms with Crippen LogP contribution in [0.1, 0.15) is 19.4 Å². The third-order valence-electron chi connectivity index (χ3n) is 2.03. The van der Waals surface area contributed by atoms with E-state index in [2.05, 4.69) is 13.8 Å². The Morgan fingerprint density at radius 2 is 1.94 bits per heavy atom. The van der Waals surface area contributed by atoms with Gasteiger partial charge in [-0.3, -0.25) is 0 Å². The number of thioether (sulfide) groups is 1. The van der Waals surface area contributed by atoms with Crippen LogP contribution < -0.4 is 0 Å². The topological polar surface area (TPSA) is 47.6 Å². The number of allylic oxidation sites excluding steroid dienone is 1. The predicted octanol–water partition coefficient (Wildman–Crippen LogP) is 3.87. The van der Waals surface area contributed by atoms with Crippen LogP contribution in [0, 0.1) is 28.6 Å². The van der Waals surface area contributed by atoms with E-state index in [-0.39, 0.29) is 5.57 Å². The van der Waals surface area contributed by atoms with Gasteiger partial charge in [-0.2, -0.15) is 10.5 Å². The molecule has 86 valence electrons. The van der Waals surface area contributed by atoms with Crippen LogP contribution in [0.2, 0.25) is 0 Å². The highest BCUT2D eigenvalue weighted by Crippen LogP contribution is 2.26. The lowest BCUT2D eigenvalue weighted by molar-refractivity contribution is 0.750. The second-order valence-electron chi connectivity index (χ2n) is 4.02. The molecule has 0 radical (unpaired) electrons. The third-order valence-corrected chi connectivity index (χ3v) is 3.55. The first-order valence-corrected chi connectivity index (χ1v) is 6.39. The molecule has 2 nitrogen and oxygen atoms in total. The molecule has 0 unspecified atom stereocenters. The van der Waals surface area contributed by atoms with Crippen molar-refractivity contribution < 1.29 is 0 Å². The highest BCUT2D eigenvalue weighted by molar-refractivity contribution is 7.99. The highest BCUT2D eigenvalue weighted by atomic mass is 32.2. The highest BCUT2D eigenvalue weighted by Gasteiger charge is 2.03. The average Bonchev–Trinajstić information content (AvgIpc) is 2.34. The molecule has 0 saturated heterocycles. The van der Waals surface area contributed by atoms with E-state index in [0.29, 0.717) is 5.92 Å². The van der Waals surface area contributed by atoms with Gasteiger partial charge in [-0.15, -0.1) is 11.8 Å². The van der Waals surface area contributed by atoms with Crippen LogP contribution in [-0.4, -0.2) is 5.75 Å². The van der Waals surface area contributed by atoms with E-state index < -0.39 is 0 Å². The van der Waals surface area contributed by atoms with E-state index in [0.717, 1.165) is 16.2 Å². The second kappa shape index (κ2) is 6.78. The van der Waals surface area contributed by atoms with Crippen LogP contribution in [-0.2, 0) is 0 Å². The van der Waals surface area contributed by atoms with Crippen molar-refractivity contribution in [2.24, 2.45) is 5.92 Å². The van der Waals surface area contributed by atoms with E-state index in [9.17, 15) is 0 Å². The van der Waals surface area contributed by atoms with Gasteiger partial charge in [0.2, 0.25) is 0 Å². The SMILES string of the molecule is CC(C)CSc1ccccc1C=C(C#N)C#N. The monoisotopic (exact) mass is 242 g/mol. The Morgan fingerprint density at radius 3 is 2.53 bits per heavy atom. The van der Waals surface area contributed by atoms with E-state index in [4.69, 9.17) is 10.5 Å². The van der Waals surface area contributed by atoms with Gasteiger partial charge in [-0.25, -0.2) is 0 Å². The van der Waals surface area contributed by atoms with Crippen LogP contribution in [0.4, 0.5) is 0 Å². The number of hydrogen-bond acceptors (Lipinski definition) is 3. The van der Waals surface area contributed by atoms with Crippen LogP contribution in [0.25, 0.3) is 6.08 Å². The van der Waals surface area contributed by atoms with Crippen molar-refractivity contribution in [1.82, 2.24) is 0 Å². The van der Waals surface area contributed by atoms with Crippen molar-refractivity contribution >= 4 is 17.8 Å². The fourth-order valence-corrected chi connectivity index (χ4v) is 2.21. The number of hydrogen-bond donors (Lipinski definition) is 0. The summed E-state index contributed by atoms with van der Waals surface area (Å²) in [6, 6.07) is 11.6. The molecule has 0 aliphatic heterocycles. The Labute approximate surface area is 107 Å².